The predicted octanol–water partition coefficient (Wildman–Crippen LogP) is 9.65. The second kappa shape index (κ2) is 7.95. The smallest absolute Gasteiger partial charge is 0.128 e. The SMILES string of the molecule is C1=CC2c3ccccc3OC2C=C1c1cccc2sc3cc(-n4c5ccccc5c5ccccc54)ccc3c12. The van der Waals surface area contributed by atoms with Crippen molar-refractivity contribution in [3.63, 3.8) is 0 Å². The van der Waals surface area contributed by atoms with Gasteiger partial charge in [0, 0.05) is 48.1 Å². The van der Waals surface area contributed by atoms with Crippen LogP contribution >= 0.6 is 11.3 Å². The largest absolute Gasteiger partial charge is 0.485 e. The molecule has 0 saturated heterocycles. The van der Waals surface area contributed by atoms with E-state index in [9.17, 15) is 0 Å². The maximum absolute atomic E-state index is 6.34. The van der Waals surface area contributed by atoms with Crippen molar-refractivity contribution in [1.82, 2.24) is 4.57 Å². The van der Waals surface area contributed by atoms with Crippen LogP contribution in [0.25, 0.3) is 53.2 Å². The van der Waals surface area contributed by atoms with E-state index in [4.69, 9.17) is 4.74 Å². The molecule has 2 atom stereocenters. The molecule has 7 aromatic rings. The summed E-state index contributed by atoms with van der Waals surface area (Å²) in [4.78, 5) is 0. The van der Waals surface area contributed by atoms with Gasteiger partial charge in [-0.25, -0.2) is 0 Å². The van der Waals surface area contributed by atoms with Gasteiger partial charge < -0.3 is 9.30 Å². The topological polar surface area (TPSA) is 14.2 Å². The first-order chi connectivity index (χ1) is 19.3. The van der Waals surface area contributed by atoms with Crippen LogP contribution in [0.1, 0.15) is 17.0 Å². The second-order valence-electron chi connectivity index (χ2n) is 10.5. The number of para-hydroxylation sites is 3. The van der Waals surface area contributed by atoms with E-state index in [2.05, 4.69) is 132 Å². The van der Waals surface area contributed by atoms with Gasteiger partial charge in [-0.2, -0.15) is 0 Å². The molecule has 0 fully saturated rings. The highest BCUT2D eigenvalue weighted by Gasteiger charge is 2.33. The molecule has 2 unspecified atom stereocenters. The van der Waals surface area contributed by atoms with Crippen molar-refractivity contribution < 1.29 is 4.74 Å². The van der Waals surface area contributed by atoms with Gasteiger partial charge in [-0.15, -0.1) is 11.3 Å². The van der Waals surface area contributed by atoms with Crippen LogP contribution in [0.3, 0.4) is 0 Å². The normalized spacial score (nSPS) is 18.0. The molecule has 5 aromatic carbocycles. The Balaban J connectivity index is 1.20. The number of rotatable bonds is 2. The fourth-order valence-corrected chi connectivity index (χ4v) is 7.79. The van der Waals surface area contributed by atoms with Gasteiger partial charge in [-0.1, -0.05) is 84.9 Å². The average molecular weight is 518 g/mol. The van der Waals surface area contributed by atoms with E-state index >= 15 is 0 Å². The Morgan fingerprint density at radius 1 is 0.667 bits per heavy atom. The molecule has 1 aliphatic carbocycles. The van der Waals surface area contributed by atoms with Crippen molar-refractivity contribution in [3.05, 3.63) is 139 Å². The Labute approximate surface area is 229 Å². The van der Waals surface area contributed by atoms with Crippen molar-refractivity contribution in [2.45, 2.75) is 12.0 Å². The molecule has 0 radical (unpaired) electrons. The fraction of sp³-hybridized carbons (Fsp3) is 0.0556. The second-order valence-corrected chi connectivity index (χ2v) is 11.5. The predicted molar refractivity (Wildman–Crippen MR) is 164 cm³/mol. The minimum Gasteiger partial charge on any atom is -0.485 e. The van der Waals surface area contributed by atoms with Crippen LogP contribution in [0.2, 0.25) is 0 Å². The maximum Gasteiger partial charge on any atom is 0.128 e. The maximum atomic E-state index is 6.34. The number of ether oxygens (including phenoxy) is 1. The van der Waals surface area contributed by atoms with Gasteiger partial charge in [0.2, 0.25) is 0 Å². The van der Waals surface area contributed by atoms with E-state index in [0.29, 0.717) is 0 Å². The van der Waals surface area contributed by atoms with Crippen molar-refractivity contribution >= 4 is 58.9 Å². The lowest BCUT2D eigenvalue weighted by Crippen LogP contribution is -2.17. The highest BCUT2D eigenvalue weighted by molar-refractivity contribution is 7.25. The summed E-state index contributed by atoms with van der Waals surface area (Å²) < 4.78 is 11.4. The number of benzene rings is 5. The first-order valence-electron chi connectivity index (χ1n) is 13.4. The van der Waals surface area contributed by atoms with Gasteiger partial charge in [0.1, 0.15) is 11.9 Å². The molecule has 3 heteroatoms. The van der Waals surface area contributed by atoms with E-state index in [-0.39, 0.29) is 12.0 Å². The number of nitrogens with zero attached hydrogens (tertiary/aromatic N) is 1. The van der Waals surface area contributed by atoms with Crippen LogP contribution in [0, 0.1) is 0 Å². The number of fused-ring (bicyclic) bond motifs is 9. The van der Waals surface area contributed by atoms with Gasteiger partial charge in [0.15, 0.2) is 0 Å². The Kier molecular flexibility index (Phi) is 4.35. The van der Waals surface area contributed by atoms with Crippen molar-refractivity contribution in [2.24, 2.45) is 0 Å². The van der Waals surface area contributed by atoms with Gasteiger partial charge in [0.25, 0.3) is 0 Å². The minimum absolute atomic E-state index is 0.0458. The van der Waals surface area contributed by atoms with E-state index < -0.39 is 0 Å². The zero-order chi connectivity index (χ0) is 25.5. The first kappa shape index (κ1) is 21.3. The van der Waals surface area contributed by atoms with Crippen LogP contribution in [0.5, 0.6) is 5.75 Å². The lowest BCUT2D eigenvalue weighted by atomic mass is 9.86. The molecule has 2 nitrogen and oxygen atoms in total. The Morgan fingerprint density at radius 2 is 1.44 bits per heavy atom. The quantitative estimate of drug-likeness (QED) is 0.223. The molecule has 2 aliphatic rings. The third kappa shape index (κ3) is 3.02. The van der Waals surface area contributed by atoms with Crippen LogP contribution in [-0.2, 0) is 0 Å². The highest BCUT2D eigenvalue weighted by Crippen LogP contribution is 2.45. The molecule has 0 saturated carbocycles. The minimum atomic E-state index is 0.0458. The van der Waals surface area contributed by atoms with Crippen molar-refractivity contribution in [1.29, 1.82) is 0 Å². The van der Waals surface area contributed by atoms with E-state index in [1.54, 1.807) is 0 Å². The lowest BCUT2D eigenvalue weighted by Gasteiger charge is -2.19. The molecule has 0 N–H and O–H groups in total. The number of hydrogen-bond acceptors (Lipinski definition) is 2. The lowest BCUT2D eigenvalue weighted by molar-refractivity contribution is 0.269. The van der Waals surface area contributed by atoms with E-state index in [1.807, 2.05) is 11.3 Å². The van der Waals surface area contributed by atoms with Crippen LogP contribution in [-0.4, -0.2) is 10.7 Å². The van der Waals surface area contributed by atoms with Gasteiger partial charge >= 0.3 is 0 Å². The summed E-state index contributed by atoms with van der Waals surface area (Å²) in [5, 5.41) is 5.22. The number of hydrogen-bond donors (Lipinski definition) is 0. The third-order valence-corrected chi connectivity index (χ3v) is 9.47. The summed E-state index contributed by atoms with van der Waals surface area (Å²) in [6.45, 7) is 0. The Morgan fingerprint density at radius 3 is 2.28 bits per heavy atom. The summed E-state index contributed by atoms with van der Waals surface area (Å²) in [5.41, 5.74) is 7.47. The average Bonchev–Trinajstić information content (AvgIpc) is 3.65. The molecular formula is C36H23NOS. The molecule has 2 aromatic heterocycles. The summed E-state index contributed by atoms with van der Waals surface area (Å²) in [7, 11) is 0. The fourth-order valence-electron chi connectivity index (χ4n) is 6.63. The molecule has 3 heterocycles. The highest BCUT2D eigenvalue weighted by atomic mass is 32.1. The van der Waals surface area contributed by atoms with Crippen LogP contribution < -0.4 is 4.74 Å². The van der Waals surface area contributed by atoms with Crippen LogP contribution in [0.4, 0.5) is 0 Å². The number of thiophene rings is 1. The molecule has 9 rings (SSSR count). The Bertz CT molecular complexity index is 2120. The van der Waals surface area contributed by atoms with E-state index in [1.165, 1.54) is 64.4 Å². The molecule has 0 bridgehead atoms. The molecule has 0 amide bonds. The molecular weight excluding hydrogens is 494 g/mol. The molecule has 184 valence electrons. The summed E-state index contributed by atoms with van der Waals surface area (Å²) >= 11 is 1.88. The van der Waals surface area contributed by atoms with E-state index in [0.717, 1.165) is 5.75 Å². The van der Waals surface area contributed by atoms with Crippen LogP contribution in [0.15, 0.2) is 127 Å². The van der Waals surface area contributed by atoms with Crippen molar-refractivity contribution in [2.75, 3.05) is 0 Å². The Hall–Kier alpha value is -4.60. The zero-order valence-electron chi connectivity index (χ0n) is 21.0. The standard InChI is InChI=1S/C36H23NOS/c1-4-12-30-25(8-1)26-9-2-5-13-31(26)37(30)23-17-19-29-35(21-23)39-34-15-7-11-24(36(29)34)22-16-18-28-27-10-3-6-14-32(27)38-33(28)20-22/h1-21,28,33H. The van der Waals surface area contributed by atoms with Gasteiger partial charge in [0.05, 0.1) is 11.0 Å². The van der Waals surface area contributed by atoms with Crippen molar-refractivity contribution in [3.8, 4) is 11.4 Å². The third-order valence-electron chi connectivity index (χ3n) is 8.35. The first-order valence-corrected chi connectivity index (χ1v) is 14.2. The molecule has 39 heavy (non-hydrogen) atoms. The summed E-state index contributed by atoms with van der Waals surface area (Å²) in [6.07, 6.45) is 6.97. The monoisotopic (exact) mass is 517 g/mol. The van der Waals surface area contributed by atoms with Gasteiger partial charge in [-0.3, -0.25) is 0 Å². The number of aromatic nitrogens is 1. The summed E-state index contributed by atoms with van der Waals surface area (Å²) in [6, 6.07) is 39.5. The zero-order valence-corrected chi connectivity index (χ0v) is 21.9. The number of allylic oxidation sites excluding steroid dienone is 2. The van der Waals surface area contributed by atoms with Gasteiger partial charge in [-0.05, 0) is 53.6 Å². The summed E-state index contributed by atoms with van der Waals surface area (Å²) in [5.74, 6) is 1.29. The molecule has 1 aliphatic heterocycles. The molecule has 0 spiro atoms.